The molecule has 1 unspecified atom stereocenters. The lowest BCUT2D eigenvalue weighted by Gasteiger charge is -2.26. The summed E-state index contributed by atoms with van der Waals surface area (Å²) in [4.78, 5) is 16.5. The van der Waals surface area contributed by atoms with Crippen molar-refractivity contribution in [1.82, 2.24) is 4.90 Å². The third-order valence-electron chi connectivity index (χ3n) is 4.17. The van der Waals surface area contributed by atoms with Gasteiger partial charge in [0.15, 0.2) is 0 Å². The molecule has 1 amide bonds. The number of nitrogens with two attached hydrogens (primary N) is 1. The molecule has 130 valence electrons. The van der Waals surface area contributed by atoms with E-state index in [2.05, 4.69) is 23.1 Å². The molecule has 0 aliphatic carbocycles. The number of amides is 1. The van der Waals surface area contributed by atoms with Crippen LogP contribution >= 0.6 is 24.2 Å². The molecule has 1 aromatic rings. The van der Waals surface area contributed by atoms with Crippen molar-refractivity contribution in [2.75, 3.05) is 37.0 Å². The van der Waals surface area contributed by atoms with Crippen LogP contribution in [0.25, 0.3) is 0 Å². The van der Waals surface area contributed by atoms with E-state index in [9.17, 15) is 4.79 Å². The minimum atomic E-state index is -0.392. The Morgan fingerprint density at radius 1 is 1.35 bits per heavy atom. The highest BCUT2D eigenvalue weighted by Gasteiger charge is 2.20. The third kappa shape index (κ3) is 5.59. The quantitative estimate of drug-likeness (QED) is 0.815. The molecule has 1 heterocycles. The van der Waals surface area contributed by atoms with Gasteiger partial charge < -0.3 is 15.5 Å². The molecule has 2 N–H and O–H groups in total. The molecule has 0 bridgehead atoms. The van der Waals surface area contributed by atoms with Crippen LogP contribution in [0.4, 0.5) is 5.69 Å². The zero-order chi connectivity index (χ0) is 15.9. The van der Waals surface area contributed by atoms with Crippen LogP contribution in [0.15, 0.2) is 24.3 Å². The lowest BCUT2D eigenvalue weighted by atomic mass is 10.1. The van der Waals surface area contributed by atoms with Crippen molar-refractivity contribution in [1.29, 1.82) is 0 Å². The molecule has 4 nitrogen and oxygen atoms in total. The summed E-state index contributed by atoms with van der Waals surface area (Å²) < 4.78 is 0. The zero-order valence-corrected chi connectivity index (χ0v) is 15.7. The number of hydrogen-bond acceptors (Lipinski definition) is 4. The second-order valence-corrected chi connectivity index (χ2v) is 6.89. The highest BCUT2D eigenvalue weighted by atomic mass is 35.5. The van der Waals surface area contributed by atoms with Crippen LogP contribution in [-0.4, -0.2) is 49.0 Å². The molecule has 1 atom stereocenters. The highest BCUT2D eigenvalue weighted by Crippen LogP contribution is 2.25. The fourth-order valence-corrected chi connectivity index (χ4v) is 3.39. The standard InChI is InChI=1S/C17H27N3OS.ClH/c1-19(17(21)15(18)9-12-22-2)13-14-7-3-4-8-16(14)20-10-5-6-11-20;/h3-4,7-8,15H,5-6,9-13,18H2,1-2H3;1H. The van der Waals surface area contributed by atoms with Gasteiger partial charge in [0.05, 0.1) is 6.04 Å². The maximum absolute atomic E-state index is 12.4. The van der Waals surface area contributed by atoms with E-state index >= 15 is 0 Å². The molecule has 1 aromatic carbocycles. The van der Waals surface area contributed by atoms with E-state index in [0.717, 1.165) is 25.3 Å². The molecule has 1 aliphatic heterocycles. The van der Waals surface area contributed by atoms with Crippen molar-refractivity contribution in [3.8, 4) is 0 Å². The minimum Gasteiger partial charge on any atom is -0.371 e. The maximum Gasteiger partial charge on any atom is 0.239 e. The summed E-state index contributed by atoms with van der Waals surface area (Å²) in [6, 6.07) is 8.00. The van der Waals surface area contributed by atoms with Gasteiger partial charge in [0.2, 0.25) is 5.91 Å². The SMILES string of the molecule is CSCCC(N)C(=O)N(C)Cc1ccccc1N1CCCC1.Cl. The number of anilines is 1. The van der Waals surface area contributed by atoms with Crippen LogP contribution in [0.2, 0.25) is 0 Å². The number of thioether (sulfide) groups is 1. The number of likely N-dealkylation sites (N-methyl/N-ethyl adjacent to an activating group) is 1. The smallest absolute Gasteiger partial charge is 0.239 e. The molecule has 1 aliphatic rings. The monoisotopic (exact) mass is 357 g/mol. The molecule has 1 saturated heterocycles. The first-order valence-electron chi connectivity index (χ1n) is 7.96. The zero-order valence-electron chi connectivity index (χ0n) is 14.0. The number of rotatable bonds is 7. The fraction of sp³-hybridized carbons (Fsp3) is 0.588. The molecule has 0 aromatic heterocycles. The molecule has 0 spiro atoms. The van der Waals surface area contributed by atoms with E-state index in [4.69, 9.17) is 5.73 Å². The summed E-state index contributed by atoms with van der Waals surface area (Å²) in [6.07, 6.45) is 5.27. The van der Waals surface area contributed by atoms with Gasteiger partial charge in [0.1, 0.15) is 0 Å². The average molecular weight is 358 g/mol. The van der Waals surface area contributed by atoms with Crippen molar-refractivity contribution in [2.45, 2.75) is 31.8 Å². The number of carbonyl (C=O) groups is 1. The van der Waals surface area contributed by atoms with Gasteiger partial charge in [-0.05, 0) is 42.9 Å². The minimum absolute atomic E-state index is 0. The summed E-state index contributed by atoms with van der Waals surface area (Å²) in [6.45, 7) is 2.85. The van der Waals surface area contributed by atoms with Gasteiger partial charge in [0, 0.05) is 32.4 Å². The van der Waals surface area contributed by atoms with Crippen molar-refractivity contribution in [2.24, 2.45) is 5.73 Å². The van der Waals surface area contributed by atoms with Crippen LogP contribution in [-0.2, 0) is 11.3 Å². The lowest BCUT2D eigenvalue weighted by Crippen LogP contribution is -2.41. The Balaban J connectivity index is 0.00000264. The Morgan fingerprint density at radius 3 is 2.65 bits per heavy atom. The molecule has 1 fully saturated rings. The second-order valence-electron chi connectivity index (χ2n) is 5.91. The number of halogens is 1. The van der Waals surface area contributed by atoms with Gasteiger partial charge in [-0.15, -0.1) is 12.4 Å². The first kappa shape index (κ1) is 20.1. The molecular formula is C17H28ClN3OS. The normalized spacial score (nSPS) is 15.2. The van der Waals surface area contributed by atoms with Gasteiger partial charge in [-0.25, -0.2) is 0 Å². The molecule has 6 heteroatoms. The van der Waals surface area contributed by atoms with Crippen LogP contribution in [0.5, 0.6) is 0 Å². The summed E-state index contributed by atoms with van der Waals surface area (Å²) in [5, 5.41) is 0. The molecule has 23 heavy (non-hydrogen) atoms. The number of hydrogen-bond donors (Lipinski definition) is 1. The molecular weight excluding hydrogens is 330 g/mol. The van der Waals surface area contributed by atoms with Crippen LogP contribution in [0, 0.1) is 0 Å². The predicted molar refractivity (Wildman–Crippen MR) is 103 cm³/mol. The summed E-state index contributed by atoms with van der Waals surface area (Å²) in [5.41, 5.74) is 8.47. The average Bonchev–Trinajstić information content (AvgIpc) is 3.06. The van der Waals surface area contributed by atoms with Crippen LogP contribution < -0.4 is 10.6 Å². The molecule has 2 rings (SSSR count). The van der Waals surface area contributed by atoms with E-state index in [1.165, 1.54) is 24.1 Å². The van der Waals surface area contributed by atoms with Gasteiger partial charge >= 0.3 is 0 Å². The Labute approximate surface area is 150 Å². The molecule has 0 radical (unpaired) electrons. The largest absolute Gasteiger partial charge is 0.371 e. The van der Waals surface area contributed by atoms with Crippen molar-refractivity contribution >= 4 is 35.8 Å². The number of carbonyl (C=O) groups excluding carboxylic acids is 1. The predicted octanol–water partition coefficient (Wildman–Crippen LogP) is 2.75. The molecule has 0 saturated carbocycles. The van der Waals surface area contributed by atoms with Crippen molar-refractivity contribution in [3.63, 3.8) is 0 Å². The highest BCUT2D eigenvalue weighted by molar-refractivity contribution is 7.98. The second kappa shape index (κ2) is 10.1. The maximum atomic E-state index is 12.4. The van der Waals surface area contributed by atoms with Gasteiger partial charge in [-0.2, -0.15) is 11.8 Å². The van der Waals surface area contributed by atoms with E-state index in [0.29, 0.717) is 6.54 Å². The summed E-state index contributed by atoms with van der Waals surface area (Å²) in [7, 11) is 1.85. The van der Waals surface area contributed by atoms with Gasteiger partial charge in [-0.3, -0.25) is 4.79 Å². The van der Waals surface area contributed by atoms with Crippen molar-refractivity contribution < 1.29 is 4.79 Å². The van der Waals surface area contributed by atoms with E-state index in [-0.39, 0.29) is 18.3 Å². The Hall–Kier alpha value is -0.910. The Morgan fingerprint density at radius 2 is 2.00 bits per heavy atom. The van der Waals surface area contributed by atoms with Gasteiger partial charge in [-0.1, -0.05) is 18.2 Å². The number of nitrogens with zero attached hydrogens (tertiary/aromatic N) is 2. The van der Waals surface area contributed by atoms with E-state index in [1.54, 1.807) is 16.7 Å². The first-order chi connectivity index (χ1) is 10.6. The Bertz CT molecular complexity index is 494. The lowest BCUT2D eigenvalue weighted by molar-refractivity contribution is -0.131. The topological polar surface area (TPSA) is 49.6 Å². The third-order valence-corrected chi connectivity index (χ3v) is 4.82. The Kier molecular flexibility index (Phi) is 8.81. The van der Waals surface area contributed by atoms with Gasteiger partial charge in [0.25, 0.3) is 0 Å². The van der Waals surface area contributed by atoms with E-state index in [1.807, 2.05) is 19.4 Å². The number of para-hydroxylation sites is 1. The van der Waals surface area contributed by atoms with Crippen molar-refractivity contribution in [3.05, 3.63) is 29.8 Å². The first-order valence-corrected chi connectivity index (χ1v) is 9.35. The van der Waals surface area contributed by atoms with E-state index < -0.39 is 6.04 Å². The fourth-order valence-electron chi connectivity index (χ4n) is 2.90. The summed E-state index contributed by atoms with van der Waals surface area (Å²) in [5.74, 6) is 0.954. The summed E-state index contributed by atoms with van der Waals surface area (Å²) >= 11 is 1.72. The van der Waals surface area contributed by atoms with Crippen LogP contribution in [0.1, 0.15) is 24.8 Å². The van der Waals surface area contributed by atoms with Crippen LogP contribution in [0.3, 0.4) is 0 Å². The number of benzene rings is 1.